The van der Waals surface area contributed by atoms with E-state index in [1.807, 2.05) is 71.4 Å². The van der Waals surface area contributed by atoms with E-state index < -0.39 is 23.9 Å². The number of carbonyl (C=O) groups excluding carboxylic acids is 5. The van der Waals surface area contributed by atoms with Gasteiger partial charge in [-0.25, -0.2) is 4.90 Å². The van der Waals surface area contributed by atoms with Gasteiger partial charge in [0.1, 0.15) is 12.1 Å². The van der Waals surface area contributed by atoms with Gasteiger partial charge in [0.25, 0.3) is 23.6 Å². The van der Waals surface area contributed by atoms with Crippen LogP contribution in [0.15, 0.2) is 101 Å². The highest BCUT2D eigenvalue weighted by Crippen LogP contribution is 2.29. The van der Waals surface area contributed by atoms with E-state index in [9.17, 15) is 24.0 Å². The number of carbonyl (C=O) groups is 5. The maximum atomic E-state index is 14.1. The van der Waals surface area contributed by atoms with Gasteiger partial charge in [0, 0.05) is 18.8 Å². The predicted molar refractivity (Wildman–Crippen MR) is 203 cm³/mol. The third kappa shape index (κ3) is 7.48. The van der Waals surface area contributed by atoms with Gasteiger partial charge in [-0.05, 0) is 95.4 Å². The van der Waals surface area contributed by atoms with Gasteiger partial charge in [-0.15, -0.1) is 34.0 Å². The van der Waals surface area contributed by atoms with Crippen LogP contribution < -0.4 is 10.2 Å². The molecule has 2 fully saturated rings. The Morgan fingerprint density at radius 2 is 1.12 bits per heavy atom. The zero-order valence-electron chi connectivity index (χ0n) is 27.5. The van der Waals surface area contributed by atoms with E-state index in [-0.39, 0.29) is 17.7 Å². The van der Waals surface area contributed by atoms with Gasteiger partial charge < -0.3 is 15.1 Å². The molecule has 12 heteroatoms. The highest BCUT2D eigenvalue weighted by Gasteiger charge is 2.40. The van der Waals surface area contributed by atoms with Gasteiger partial charge in [-0.2, -0.15) is 0 Å². The van der Waals surface area contributed by atoms with Gasteiger partial charge in [0.2, 0.25) is 5.91 Å². The Bertz CT molecular complexity index is 2040. The minimum Gasteiger partial charge on any atom is -0.326 e. The van der Waals surface area contributed by atoms with Crippen molar-refractivity contribution >= 4 is 87.1 Å². The number of hydrogen-bond acceptors (Lipinski definition) is 8. The van der Waals surface area contributed by atoms with Gasteiger partial charge in [-0.1, -0.05) is 54.6 Å². The maximum absolute atomic E-state index is 14.1. The molecule has 0 bridgehead atoms. The topological polar surface area (TPSA) is 107 Å². The fraction of sp³-hybridized carbons (Fsp3) is 0.205. The van der Waals surface area contributed by atoms with Gasteiger partial charge in [0.15, 0.2) is 0 Å². The van der Waals surface area contributed by atoms with E-state index in [1.54, 1.807) is 51.6 Å². The van der Waals surface area contributed by atoms with Crippen molar-refractivity contribution in [1.82, 2.24) is 9.80 Å². The summed E-state index contributed by atoms with van der Waals surface area (Å²) in [5.74, 6) is -1.33. The van der Waals surface area contributed by atoms with Crippen LogP contribution in [0.4, 0.5) is 11.4 Å². The molecule has 258 valence electrons. The van der Waals surface area contributed by atoms with E-state index in [0.717, 1.165) is 17.5 Å². The number of hydrogen-bond donors (Lipinski definition) is 1. The molecule has 0 saturated carbocycles. The van der Waals surface area contributed by atoms with Crippen molar-refractivity contribution in [3.63, 3.8) is 0 Å². The van der Waals surface area contributed by atoms with E-state index in [4.69, 9.17) is 0 Å². The first kappa shape index (κ1) is 34.3. The summed E-state index contributed by atoms with van der Waals surface area (Å²) in [6, 6.07) is 24.1. The molecule has 2 aliphatic heterocycles. The number of anilines is 2. The molecule has 5 amide bonds. The van der Waals surface area contributed by atoms with Crippen LogP contribution in [-0.4, -0.2) is 64.5 Å². The molecular weight excluding hydrogens is 701 g/mol. The Kier molecular flexibility index (Phi) is 10.3. The largest absolute Gasteiger partial charge is 0.326 e. The molecule has 2 aromatic carbocycles. The predicted octanol–water partition coefficient (Wildman–Crippen LogP) is 7.76. The molecule has 1 N–H and O–H groups in total. The Labute approximate surface area is 307 Å². The van der Waals surface area contributed by atoms with E-state index in [1.165, 1.54) is 38.9 Å². The molecule has 2 atom stereocenters. The smallest absolute Gasteiger partial charge is 0.275 e. The van der Waals surface area contributed by atoms with Crippen molar-refractivity contribution in [3.8, 4) is 0 Å². The SMILES string of the molecule is O=C(Nc1ccc(C=Cc2ccc(N(C(=O)c3cccs3)C(=O)[C@@H]3CCCN3C(=O)c3cccs3)cc2)cc1)[C@@H]1CCCN1C(=O)c1cccs1. The van der Waals surface area contributed by atoms with Crippen molar-refractivity contribution in [1.29, 1.82) is 0 Å². The summed E-state index contributed by atoms with van der Waals surface area (Å²) in [5.41, 5.74) is 2.85. The van der Waals surface area contributed by atoms with E-state index >= 15 is 0 Å². The molecule has 0 radical (unpaired) electrons. The van der Waals surface area contributed by atoms with Crippen LogP contribution in [0.2, 0.25) is 0 Å². The Morgan fingerprint density at radius 1 is 0.627 bits per heavy atom. The number of benzene rings is 2. The lowest BCUT2D eigenvalue weighted by molar-refractivity contribution is -0.121. The van der Waals surface area contributed by atoms with Crippen LogP contribution in [0.5, 0.6) is 0 Å². The summed E-state index contributed by atoms with van der Waals surface area (Å²) in [5, 5.41) is 8.45. The van der Waals surface area contributed by atoms with Gasteiger partial charge >= 0.3 is 0 Å². The minimum absolute atomic E-state index is 0.105. The van der Waals surface area contributed by atoms with Crippen LogP contribution in [0, 0.1) is 0 Å². The fourth-order valence-electron chi connectivity index (χ4n) is 6.47. The summed E-state index contributed by atoms with van der Waals surface area (Å²) in [6.07, 6.45) is 6.45. The third-order valence-electron chi connectivity index (χ3n) is 9.03. The summed E-state index contributed by atoms with van der Waals surface area (Å²) < 4.78 is 0. The lowest BCUT2D eigenvalue weighted by Crippen LogP contribution is -2.50. The summed E-state index contributed by atoms with van der Waals surface area (Å²) in [4.78, 5) is 73.2. The Hall–Kier alpha value is -5.17. The molecule has 0 aliphatic carbocycles. The first-order valence-corrected chi connectivity index (χ1v) is 19.3. The second-order valence-electron chi connectivity index (χ2n) is 12.3. The van der Waals surface area contributed by atoms with E-state index in [0.29, 0.717) is 58.4 Å². The first-order chi connectivity index (χ1) is 24.9. The first-order valence-electron chi connectivity index (χ1n) is 16.7. The molecule has 51 heavy (non-hydrogen) atoms. The average molecular weight is 735 g/mol. The third-order valence-corrected chi connectivity index (χ3v) is 11.6. The Morgan fingerprint density at radius 3 is 1.65 bits per heavy atom. The van der Waals surface area contributed by atoms with Crippen molar-refractivity contribution in [2.75, 3.05) is 23.3 Å². The molecule has 3 aromatic heterocycles. The highest BCUT2D eigenvalue weighted by atomic mass is 32.1. The lowest BCUT2D eigenvalue weighted by Gasteiger charge is -2.29. The zero-order chi connectivity index (χ0) is 35.3. The number of rotatable bonds is 9. The molecule has 2 saturated heterocycles. The summed E-state index contributed by atoms with van der Waals surface area (Å²) in [6.45, 7) is 1.02. The standard InChI is InChI=1S/C39H34N4O5S3/c44-35(30-6-1-21-41(30)37(46)32-8-3-23-49-32)40-28-17-13-26(14-18-28)11-12-27-15-19-29(20-16-27)43(39(48)34-10-5-25-51-34)36(45)31-7-2-22-42(31)38(47)33-9-4-24-50-33/h3-5,8-20,23-25,30-31H,1-2,6-7,21-22H2,(H,40,44)/t30-,31-/m0/s1. The van der Waals surface area contributed by atoms with Crippen LogP contribution in [-0.2, 0) is 9.59 Å². The second kappa shape index (κ2) is 15.4. The number of imide groups is 1. The second-order valence-corrected chi connectivity index (χ2v) is 15.1. The Balaban J connectivity index is 1.02. The summed E-state index contributed by atoms with van der Waals surface area (Å²) >= 11 is 3.98. The van der Waals surface area contributed by atoms with Crippen molar-refractivity contribution in [2.45, 2.75) is 37.8 Å². The van der Waals surface area contributed by atoms with Gasteiger partial charge in [0.05, 0.1) is 20.3 Å². The molecule has 5 aromatic rings. The minimum atomic E-state index is -0.735. The quantitative estimate of drug-likeness (QED) is 0.123. The fourth-order valence-corrected chi connectivity index (χ4v) is 8.48. The number of nitrogens with zero attached hydrogens (tertiary/aromatic N) is 3. The maximum Gasteiger partial charge on any atom is 0.275 e. The van der Waals surface area contributed by atoms with Crippen LogP contribution in [0.25, 0.3) is 12.2 Å². The van der Waals surface area contributed by atoms with Crippen LogP contribution >= 0.6 is 34.0 Å². The molecule has 0 spiro atoms. The monoisotopic (exact) mass is 734 g/mol. The molecule has 5 heterocycles. The van der Waals surface area contributed by atoms with Crippen molar-refractivity contribution in [3.05, 3.63) is 127 Å². The van der Waals surface area contributed by atoms with E-state index in [2.05, 4.69) is 5.32 Å². The normalized spacial score (nSPS) is 17.2. The van der Waals surface area contributed by atoms with Crippen molar-refractivity contribution < 1.29 is 24.0 Å². The number of amides is 5. The average Bonchev–Trinajstić information content (AvgIpc) is 4.00. The highest BCUT2D eigenvalue weighted by molar-refractivity contribution is 7.12. The lowest BCUT2D eigenvalue weighted by atomic mass is 10.1. The number of likely N-dealkylation sites (tertiary alicyclic amines) is 2. The van der Waals surface area contributed by atoms with Gasteiger partial charge in [-0.3, -0.25) is 24.0 Å². The van der Waals surface area contributed by atoms with Crippen molar-refractivity contribution in [2.24, 2.45) is 0 Å². The number of nitrogens with one attached hydrogen (secondary N) is 1. The van der Waals surface area contributed by atoms with Crippen LogP contribution in [0.3, 0.4) is 0 Å². The molecule has 0 unspecified atom stereocenters. The molecular formula is C39H34N4O5S3. The zero-order valence-corrected chi connectivity index (χ0v) is 29.9. The molecule has 7 rings (SSSR count). The molecule has 2 aliphatic rings. The van der Waals surface area contributed by atoms with Crippen LogP contribution in [0.1, 0.15) is 65.8 Å². The summed E-state index contributed by atoms with van der Waals surface area (Å²) in [7, 11) is 0. The number of thiophene rings is 3. The molecule has 9 nitrogen and oxygen atoms in total.